The first-order chi connectivity index (χ1) is 12.6. The molecule has 0 radical (unpaired) electrons. The minimum Gasteiger partial charge on any atom is -0.425 e. The average Bonchev–Trinajstić information content (AvgIpc) is 3.36. The molecule has 4 rings (SSSR count). The standard InChI is InChI=1S/C20H26N4O2/c1-13-3-6-17(11-14(13)2)21-18(25)12-24-9-7-16(8-10-24)20-23-22-19(26-20)15-4-5-15/h3,6,11,15-16H,4-5,7-10,12H2,1-2H3,(H,21,25). The number of aryl methyl sites for hydroxylation is 2. The molecule has 138 valence electrons. The van der Waals surface area contributed by atoms with E-state index >= 15 is 0 Å². The van der Waals surface area contributed by atoms with Crippen molar-refractivity contribution >= 4 is 11.6 Å². The molecule has 0 bridgehead atoms. The van der Waals surface area contributed by atoms with Gasteiger partial charge in [0.1, 0.15) is 0 Å². The summed E-state index contributed by atoms with van der Waals surface area (Å²) in [5.74, 6) is 2.47. The largest absolute Gasteiger partial charge is 0.425 e. The molecule has 6 nitrogen and oxygen atoms in total. The first-order valence-corrected chi connectivity index (χ1v) is 9.51. The van der Waals surface area contributed by atoms with Gasteiger partial charge in [-0.05, 0) is 75.9 Å². The summed E-state index contributed by atoms with van der Waals surface area (Å²) in [5.41, 5.74) is 3.29. The minimum atomic E-state index is 0.0421. The van der Waals surface area contributed by atoms with E-state index in [0.29, 0.717) is 18.4 Å². The van der Waals surface area contributed by atoms with Crippen LogP contribution in [0.2, 0.25) is 0 Å². The maximum atomic E-state index is 12.3. The van der Waals surface area contributed by atoms with Crippen LogP contribution in [0.25, 0.3) is 0 Å². The average molecular weight is 354 g/mol. The highest BCUT2D eigenvalue weighted by atomic mass is 16.4. The summed E-state index contributed by atoms with van der Waals surface area (Å²) in [4.78, 5) is 14.5. The molecule has 26 heavy (non-hydrogen) atoms. The lowest BCUT2D eigenvalue weighted by Gasteiger charge is -2.29. The molecule has 2 aromatic rings. The number of piperidine rings is 1. The number of amides is 1. The molecular formula is C20H26N4O2. The van der Waals surface area contributed by atoms with E-state index in [1.807, 2.05) is 18.2 Å². The molecule has 1 saturated heterocycles. The van der Waals surface area contributed by atoms with Crippen LogP contribution in [0.1, 0.15) is 60.4 Å². The van der Waals surface area contributed by atoms with Crippen LogP contribution in [0.5, 0.6) is 0 Å². The Kier molecular flexibility index (Phi) is 4.76. The number of aromatic nitrogens is 2. The third kappa shape index (κ3) is 3.96. The summed E-state index contributed by atoms with van der Waals surface area (Å²) in [5, 5.41) is 11.4. The summed E-state index contributed by atoms with van der Waals surface area (Å²) in [6.07, 6.45) is 4.28. The van der Waals surface area contributed by atoms with Gasteiger partial charge in [0.2, 0.25) is 17.7 Å². The van der Waals surface area contributed by atoms with Crippen LogP contribution in [0.3, 0.4) is 0 Å². The lowest BCUT2D eigenvalue weighted by atomic mass is 9.97. The van der Waals surface area contributed by atoms with Crippen LogP contribution in [-0.2, 0) is 4.79 Å². The van der Waals surface area contributed by atoms with Crippen molar-refractivity contribution in [3.63, 3.8) is 0 Å². The predicted octanol–water partition coefficient (Wildman–Crippen LogP) is 3.38. The van der Waals surface area contributed by atoms with Crippen molar-refractivity contribution in [1.82, 2.24) is 15.1 Å². The zero-order chi connectivity index (χ0) is 18.1. The first kappa shape index (κ1) is 17.2. The summed E-state index contributed by atoms with van der Waals surface area (Å²) < 4.78 is 5.84. The molecule has 2 heterocycles. The molecule has 1 aromatic heterocycles. The smallest absolute Gasteiger partial charge is 0.238 e. The Hall–Kier alpha value is -2.21. The number of hydrogen-bond donors (Lipinski definition) is 1. The molecule has 1 N–H and O–H groups in total. The van der Waals surface area contributed by atoms with E-state index in [9.17, 15) is 4.79 Å². The van der Waals surface area contributed by atoms with Crippen molar-refractivity contribution < 1.29 is 9.21 Å². The van der Waals surface area contributed by atoms with Gasteiger partial charge in [0, 0.05) is 17.5 Å². The van der Waals surface area contributed by atoms with Gasteiger partial charge in [-0.1, -0.05) is 6.07 Å². The summed E-state index contributed by atoms with van der Waals surface area (Å²) >= 11 is 0. The Labute approximate surface area is 154 Å². The number of likely N-dealkylation sites (tertiary alicyclic amines) is 1. The van der Waals surface area contributed by atoms with Crippen molar-refractivity contribution in [2.45, 2.75) is 51.4 Å². The van der Waals surface area contributed by atoms with Crippen LogP contribution < -0.4 is 5.32 Å². The van der Waals surface area contributed by atoms with E-state index in [4.69, 9.17) is 4.42 Å². The predicted molar refractivity (Wildman–Crippen MR) is 99.2 cm³/mol. The van der Waals surface area contributed by atoms with Gasteiger partial charge in [-0.3, -0.25) is 9.69 Å². The maximum Gasteiger partial charge on any atom is 0.238 e. The maximum absolute atomic E-state index is 12.3. The second kappa shape index (κ2) is 7.19. The first-order valence-electron chi connectivity index (χ1n) is 9.51. The highest BCUT2D eigenvalue weighted by Gasteiger charge is 2.31. The number of benzene rings is 1. The second-order valence-corrected chi connectivity index (χ2v) is 7.65. The van der Waals surface area contributed by atoms with Crippen molar-refractivity contribution in [1.29, 1.82) is 0 Å². The number of hydrogen-bond acceptors (Lipinski definition) is 5. The van der Waals surface area contributed by atoms with Crippen molar-refractivity contribution in [3.05, 3.63) is 41.1 Å². The van der Waals surface area contributed by atoms with E-state index in [1.165, 1.54) is 24.0 Å². The van der Waals surface area contributed by atoms with Gasteiger partial charge in [-0.15, -0.1) is 10.2 Å². The molecule has 1 amide bonds. The van der Waals surface area contributed by atoms with Gasteiger partial charge >= 0.3 is 0 Å². The van der Waals surface area contributed by atoms with Crippen molar-refractivity contribution in [2.24, 2.45) is 0 Å². The summed E-state index contributed by atoms with van der Waals surface area (Å²) in [7, 11) is 0. The lowest BCUT2D eigenvalue weighted by Crippen LogP contribution is -2.38. The van der Waals surface area contributed by atoms with Gasteiger partial charge in [-0.2, -0.15) is 0 Å². The topological polar surface area (TPSA) is 71.3 Å². The van der Waals surface area contributed by atoms with Crippen LogP contribution in [0.15, 0.2) is 22.6 Å². The van der Waals surface area contributed by atoms with Crippen molar-refractivity contribution in [2.75, 3.05) is 25.0 Å². The molecule has 0 unspecified atom stereocenters. The summed E-state index contributed by atoms with van der Waals surface area (Å²) in [6, 6.07) is 6.02. The fraction of sp³-hybridized carbons (Fsp3) is 0.550. The minimum absolute atomic E-state index is 0.0421. The molecule has 1 aromatic carbocycles. The molecule has 2 aliphatic rings. The molecule has 1 aliphatic carbocycles. The van der Waals surface area contributed by atoms with Crippen LogP contribution in [-0.4, -0.2) is 40.6 Å². The number of anilines is 1. The number of rotatable bonds is 5. The van der Waals surface area contributed by atoms with E-state index in [0.717, 1.165) is 43.4 Å². The van der Waals surface area contributed by atoms with Gasteiger partial charge in [0.05, 0.1) is 6.54 Å². The Morgan fingerprint density at radius 1 is 1.08 bits per heavy atom. The van der Waals surface area contributed by atoms with E-state index in [-0.39, 0.29) is 5.91 Å². The third-order valence-corrected chi connectivity index (χ3v) is 5.48. The Balaban J connectivity index is 1.26. The Morgan fingerprint density at radius 3 is 2.35 bits per heavy atom. The van der Waals surface area contributed by atoms with Crippen molar-refractivity contribution in [3.8, 4) is 0 Å². The van der Waals surface area contributed by atoms with E-state index in [1.54, 1.807) is 0 Å². The van der Waals surface area contributed by atoms with Crippen LogP contribution >= 0.6 is 0 Å². The zero-order valence-electron chi connectivity index (χ0n) is 15.5. The Bertz CT molecular complexity index is 789. The lowest BCUT2D eigenvalue weighted by molar-refractivity contribution is -0.117. The summed E-state index contributed by atoms with van der Waals surface area (Å²) in [6.45, 7) is 6.32. The number of carbonyl (C=O) groups excluding carboxylic acids is 1. The van der Waals surface area contributed by atoms with Crippen LogP contribution in [0, 0.1) is 13.8 Å². The molecule has 2 fully saturated rings. The zero-order valence-corrected chi connectivity index (χ0v) is 15.5. The molecule has 0 spiro atoms. The van der Waals surface area contributed by atoms with E-state index in [2.05, 4.69) is 34.3 Å². The fourth-order valence-corrected chi connectivity index (χ4v) is 3.47. The number of nitrogens with zero attached hydrogens (tertiary/aromatic N) is 3. The monoisotopic (exact) mass is 354 g/mol. The normalized spacial score (nSPS) is 18.8. The second-order valence-electron chi connectivity index (χ2n) is 7.65. The fourth-order valence-electron chi connectivity index (χ4n) is 3.47. The number of carbonyl (C=O) groups is 1. The SMILES string of the molecule is Cc1ccc(NC(=O)CN2CCC(c3nnc(C4CC4)o3)CC2)cc1C. The molecule has 1 aliphatic heterocycles. The van der Waals surface area contributed by atoms with Gasteiger partial charge in [-0.25, -0.2) is 0 Å². The quantitative estimate of drug-likeness (QED) is 0.891. The Morgan fingerprint density at radius 2 is 1.73 bits per heavy atom. The molecule has 1 saturated carbocycles. The highest BCUT2D eigenvalue weighted by molar-refractivity contribution is 5.92. The molecular weight excluding hydrogens is 328 g/mol. The van der Waals surface area contributed by atoms with Gasteiger partial charge in [0.15, 0.2) is 0 Å². The molecule has 0 atom stereocenters. The highest BCUT2D eigenvalue weighted by Crippen LogP contribution is 2.40. The third-order valence-electron chi connectivity index (χ3n) is 5.48. The van der Waals surface area contributed by atoms with E-state index < -0.39 is 0 Å². The van der Waals surface area contributed by atoms with Gasteiger partial charge < -0.3 is 9.73 Å². The number of nitrogens with one attached hydrogen (secondary N) is 1. The van der Waals surface area contributed by atoms with Crippen LogP contribution in [0.4, 0.5) is 5.69 Å². The van der Waals surface area contributed by atoms with Gasteiger partial charge in [0.25, 0.3) is 0 Å². The molecule has 6 heteroatoms.